The first kappa shape index (κ1) is 22.7. The van der Waals surface area contributed by atoms with Crippen LogP contribution in [0, 0.1) is 0 Å². The molecular formula is C15H10Cl2F6N6. The lowest BCUT2D eigenvalue weighted by Gasteiger charge is -2.08. The average Bonchev–Trinajstić information content (AvgIpc) is 2.60. The summed E-state index contributed by atoms with van der Waals surface area (Å²) in [6.07, 6.45) is -6.97. The van der Waals surface area contributed by atoms with Crippen LogP contribution in [0.15, 0.2) is 34.6 Å². The van der Waals surface area contributed by atoms with Crippen molar-refractivity contribution < 1.29 is 26.3 Å². The van der Waals surface area contributed by atoms with Gasteiger partial charge < -0.3 is 5.73 Å². The number of hydrazone groups is 1. The highest BCUT2D eigenvalue weighted by Gasteiger charge is 2.32. The second-order valence-corrected chi connectivity index (χ2v) is 6.12. The zero-order chi connectivity index (χ0) is 21.8. The second-order valence-electron chi connectivity index (χ2n) is 5.31. The van der Waals surface area contributed by atoms with E-state index in [1.54, 1.807) is 0 Å². The lowest BCUT2D eigenvalue weighted by molar-refractivity contribution is -0.138. The van der Waals surface area contributed by atoms with Crippen LogP contribution in [0.25, 0.3) is 0 Å². The fraction of sp³-hybridized carbons (Fsp3) is 0.200. The molecule has 0 radical (unpaired) electrons. The fourth-order valence-corrected chi connectivity index (χ4v) is 2.23. The number of nitrogens with zero attached hydrogens (tertiary/aromatic N) is 4. The molecular weight excluding hydrogens is 449 g/mol. The molecule has 0 spiro atoms. The van der Waals surface area contributed by atoms with Crippen molar-refractivity contribution >= 4 is 35.4 Å². The van der Waals surface area contributed by atoms with Gasteiger partial charge in [-0.2, -0.15) is 31.4 Å². The van der Waals surface area contributed by atoms with Crippen LogP contribution in [0.4, 0.5) is 26.3 Å². The van der Waals surface area contributed by atoms with Crippen molar-refractivity contribution in [1.29, 1.82) is 0 Å². The number of pyridine rings is 2. The third-order valence-corrected chi connectivity index (χ3v) is 3.84. The van der Waals surface area contributed by atoms with Crippen LogP contribution >= 0.6 is 23.2 Å². The van der Waals surface area contributed by atoms with Crippen LogP contribution in [-0.4, -0.2) is 22.1 Å². The minimum absolute atomic E-state index is 0.0425. The Labute approximate surface area is 169 Å². The Morgan fingerprint density at radius 2 is 1.55 bits per heavy atom. The molecule has 0 saturated heterocycles. The first-order valence-electron chi connectivity index (χ1n) is 7.41. The normalized spacial score (nSPS) is 13.2. The Morgan fingerprint density at radius 3 is 2.07 bits per heavy atom. The maximum Gasteiger partial charge on any atom is 0.417 e. The molecule has 0 unspecified atom stereocenters. The van der Waals surface area contributed by atoms with Crippen LogP contribution < -0.4 is 11.2 Å². The number of hydrogen-bond donors (Lipinski definition) is 2. The number of nitrogens with two attached hydrogens (primary N) is 1. The van der Waals surface area contributed by atoms with Crippen LogP contribution in [0.1, 0.15) is 22.5 Å². The predicted octanol–water partition coefficient (Wildman–Crippen LogP) is 4.26. The molecule has 3 N–H and O–H groups in total. The van der Waals surface area contributed by atoms with Crippen molar-refractivity contribution in [2.24, 2.45) is 15.8 Å². The van der Waals surface area contributed by atoms with E-state index in [1.807, 2.05) is 0 Å². The lowest BCUT2D eigenvalue weighted by Crippen LogP contribution is -2.27. The van der Waals surface area contributed by atoms with Crippen molar-refractivity contribution in [1.82, 2.24) is 15.4 Å². The van der Waals surface area contributed by atoms with Gasteiger partial charge >= 0.3 is 12.4 Å². The fourth-order valence-electron chi connectivity index (χ4n) is 1.79. The van der Waals surface area contributed by atoms with Gasteiger partial charge in [-0.3, -0.25) is 9.97 Å². The van der Waals surface area contributed by atoms with Crippen LogP contribution in [0.2, 0.25) is 10.0 Å². The molecule has 0 aliphatic rings. The Balaban J connectivity index is 2.00. The summed E-state index contributed by atoms with van der Waals surface area (Å²) in [6, 6.07) is 1.39. The SMILES string of the molecule is NC(=NCc1ncc(C(F)(F)F)cc1Cl)N/N=C/c1ncc(C(F)(F)F)cc1Cl. The summed E-state index contributed by atoms with van der Waals surface area (Å²) in [6.45, 7) is -0.245. The van der Waals surface area contributed by atoms with E-state index in [4.69, 9.17) is 28.9 Å². The Bertz CT molecular complexity index is 942. The third-order valence-electron chi connectivity index (χ3n) is 3.21. The molecule has 0 atom stereocenters. The lowest BCUT2D eigenvalue weighted by atomic mass is 10.2. The molecule has 29 heavy (non-hydrogen) atoms. The average molecular weight is 459 g/mol. The molecule has 2 rings (SSSR count). The summed E-state index contributed by atoms with van der Waals surface area (Å²) in [5, 5.41) is 3.07. The monoisotopic (exact) mass is 458 g/mol. The largest absolute Gasteiger partial charge is 0.417 e. The van der Waals surface area contributed by atoms with E-state index in [2.05, 4.69) is 25.5 Å². The van der Waals surface area contributed by atoms with Crippen LogP contribution in [0.3, 0.4) is 0 Å². The highest BCUT2D eigenvalue weighted by Crippen LogP contribution is 2.31. The number of guanidine groups is 1. The molecule has 2 heterocycles. The van der Waals surface area contributed by atoms with Gasteiger partial charge in [0.2, 0.25) is 5.96 Å². The molecule has 0 aliphatic heterocycles. The van der Waals surface area contributed by atoms with E-state index in [0.717, 1.165) is 6.21 Å². The number of nitrogens with one attached hydrogen (secondary N) is 1. The van der Waals surface area contributed by atoms with E-state index in [0.29, 0.717) is 24.5 Å². The molecule has 0 bridgehead atoms. The van der Waals surface area contributed by atoms with E-state index in [9.17, 15) is 26.3 Å². The number of aromatic nitrogens is 2. The number of alkyl halides is 6. The van der Waals surface area contributed by atoms with Crippen LogP contribution in [0.5, 0.6) is 0 Å². The highest BCUT2D eigenvalue weighted by atomic mass is 35.5. The molecule has 0 amide bonds. The summed E-state index contributed by atoms with van der Waals surface area (Å²) in [4.78, 5) is 10.9. The van der Waals surface area contributed by atoms with E-state index in [1.165, 1.54) is 0 Å². The van der Waals surface area contributed by atoms with Gasteiger partial charge in [-0.05, 0) is 12.1 Å². The second kappa shape index (κ2) is 8.82. The highest BCUT2D eigenvalue weighted by molar-refractivity contribution is 6.32. The smallest absolute Gasteiger partial charge is 0.369 e. The summed E-state index contributed by atoms with van der Waals surface area (Å²) >= 11 is 11.4. The Morgan fingerprint density at radius 1 is 1.00 bits per heavy atom. The quantitative estimate of drug-likeness (QED) is 0.310. The van der Waals surface area contributed by atoms with Gasteiger partial charge in [0.05, 0.1) is 39.6 Å². The molecule has 0 fully saturated rings. The van der Waals surface area contributed by atoms with Crippen molar-refractivity contribution in [2.75, 3.05) is 0 Å². The maximum atomic E-state index is 12.6. The van der Waals surface area contributed by atoms with Gasteiger partial charge in [-0.25, -0.2) is 10.4 Å². The molecule has 0 saturated carbocycles. The summed E-state index contributed by atoms with van der Waals surface area (Å²) < 4.78 is 75.3. The first-order valence-corrected chi connectivity index (χ1v) is 8.17. The van der Waals surface area contributed by atoms with Crippen molar-refractivity contribution in [2.45, 2.75) is 18.9 Å². The standard InChI is InChI=1S/C15H10Cl2F6N6/c16-9-1-7(14(18,19)20)3-25-11(9)5-27-13(24)29-28-6-12-10(17)2-8(4-26-12)15(21,22)23/h1-4,6H,5H2,(H3,24,27,29)/b28-6+. The van der Waals surface area contributed by atoms with Gasteiger partial charge in [-0.15, -0.1) is 0 Å². The van der Waals surface area contributed by atoms with E-state index >= 15 is 0 Å². The molecule has 156 valence electrons. The molecule has 2 aromatic heterocycles. The Kier molecular flexibility index (Phi) is 6.90. The third kappa shape index (κ3) is 6.46. The van der Waals surface area contributed by atoms with Crippen LogP contribution in [-0.2, 0) is 18.9 Å². The van der Waals surface area contributed by atoms with Gasteiger partial charge in [0.25, 0.3) is 0 Å². The zero-order valence-electron chi connectivity index (χ0n) is 14.0. The topological polar surface area (TPSA) is 88.5 Å². The number of rotatable bonds is 4. The van der Waals surface area contributed by atoms with Gasteiger partial charge in [0, 0.05) is 12.4 Å². The van der Waals surface area contributed by atoms with E-state index in [-0.39, 0.29) is 33.9 Å². The predicted molar refractivity (Wildman–Crippen MR) is 94.6 cm³/mol. The van der Waals surface area contributed by atoms with Crippen molar-refractivity contribution in [3.8, 4) is 0 Å². The summed E-state index contributed by atoms with van der Waals surface area (Å²) in [7, 11) is 0. The zero-order valence-corrected chi connectivity index (χ0v) is 15.5. The minimum atomic E-state index is -4.59. The number of halogens is 8. The summed E-state index contributed by atoms with van der Waals surface area (Å²) in [5.74, 6) is -0.262. The van der Waals surface area contributed by atoms with Crippen molar-refractivity contribution in [3.05, 3.63) is 57.1 Å². The van der Waals surface area contributed by atoms with Gasteiger partial charge in [0.1, 0.15) is 5.69 Å². The molecule has 0 aliphatic carbocycles. The first-order chi connectivity index (χ1) is 13.4. The molecule has 6 nitrogen and oxygen atoms in total. The molecule has 2 aromatic rings. The summed E-state index contributed by atoms with van der Waals surface area (Å²) in [5.41, 5.74) is 5.73. The number of hydrogen-bond acceptors (Lipinski definition) is 4. The maximum absolute atomic E-state index is 12.6. The molecule has 14 heteroatoms. The molecule has 0 aromatic carbocycles. The minimum Gasteiger partial charge on any atom is -0.369 e. The van der Waals surface area contributed by atoms with Gasteiger partial charge in [-0.1, -0.05) is 23.2 Å². The van der Waals surface area contributed by atoms with Crippen molar-refractivity contribution in [3.63, 3.8) is 0 Å². The van der Waals surface area contributed by atoms with E-state index < -0.39 is 23.5 Å². The Hall–Kier alpha value is -2.60. The van der Waals surface area contributed by atoms with Gasteiger partial charge in [0.15, 0.2) is 0 Å². The number of aliphatic imine (C=N–C) groups is 1.